The number of benzene rings is 1. The molecule has 114 valence electrons. The van der Waals surface area contributed by atoms with Crippen molar-refractivity contribution in [3.05, 3.63) is 58.9 Å². The van der Waals surface area contributed by atoms with Crippen LogP contribution in [0.15, 0.2) is 42.6 Å². The maximum Gasteiger partial charge on any atom is 0.410 e. The standard InChI is InChI=1S/C16H15ClN2O3/c17-15-13-10-19(8-9-21-14(13)6-7-18-15)16(20)22-11-12-4-2-1-3-5-12/h1-7H,8-11H2. The second-order valence-corrected chi connectivity index (χ2v) is 5.25. The summed E-state index contributed by atoms with van der Waals surface area (Å²) < 4.78 is 10.9. The van der Waals surface area contributed by atoms with Crippen molar-refractivity contribution in [2.24, 2.45) is 0 Å². The Bertz CT molecular complexity index is 664. The minimum atomic E-state index is -0.389. The number of nitrogens with zero attached hydrogens (tertiary/aromatic N) is 2. The largest absolute Gasteiger partial charge is 0.491 e. The Morgan fingerprint density at radius 1 is 1.32 bits per heavy atom. The maximum absolute atomic E-state index is 12.2. The highest BCUT2D eigenvalue weighted by molar-refractivity contribution is 6.30. The van der Waals surface area contributed by atoms with E-state index in [0.717, 1.165) is 5.56 Å². The second kappa shape index (κ2) is 6.66. The predicted molar refractivity (Wildman–Crippen MR) is 81.8 cm³/mol. The molecule has 1 aliphatic rings. The first kappa shape index (κ1) is 14.7. The van der Waals surface area contributed by atoms with Crippen LogP contribution in [0.25, 0.3) is 0 Å². The van der Waals surface area contributed by atoms with Crippen molar-refractivity contribution in [3.8, 4) is 5.75 Å². The molecule has 1 aliphatic heterocycles. The van der Waals surface area contributed by atoms with Crippen LogP contribution in [0.1, 0.15) is 11.1 Å². The fourth-order valence-electron chi connectivity index (χ4n) is 2.23. The molecule has 0 aliphatic carbocycles. The third-order valence-electron chi connectivity index (χ3n) is 3.39. The van der Waals surface area contributed by atoms with Gasteiger partial charge >= 0.3 is 6.09 Å². The number of hydrogen-bond donors (Lipinski definition) is 0. The average Bonchev–Trinajstić information content (AvgIpc) is 2.77. The van der Waals surface area contributed by atoms with E-state index in [1.165, 1.54) is 0 Å². The van der Waals surface area contributed by atoms with Crippen LogP contribution in [0.3, 0.4) is 0 Å². The number of carbonyl (C=O) groups is 1. The van der Waals surface area contributed by atoms with Crippen molar-refractivity contribution in [1.29, 1.82) is 0 Å². The number of aromatic nitrogens is 1. The molecule has 2 aromatic rings. The molecule has 0 bridgehead atoms. The van der Waals surface area contributed by atoms with Gasteiger partial charge < -0.3 is 14.4 Å². The molecule has 1 aromatic heterocycles. The van der Waals surface area contributed by atoms with Crippen molar-refractivity contribution in [3.63, 3.8) is 0 Å². The number of ether oxygens (including phenoxy) is 2. The van der Waals surface area contributed by atoms with Gasteiger partial charge in [0.15, 0.2) is 0 Å². The van der Waals surface area contributed by atoms with Gasteiger partial charge in [0.25, 0.3) is 0 Å². The van der Waals surface area contributed by atoms with Crippen LogP contribution in [0.4, 0.5) is 4.79 Å². The number of fused-ring (bicyclic) bond motifs is 1. The Labute approximate surface area is 133 Å². The third kappa shape index (κ3) is 3.31. The molecular formula is C16H15ClN2O3. The summed E-state index contributed by atoms with van der Waals surface area (Å²) in [4.78, 5) is 17.8. The molecule has 6 heteroatoms. The molecule has 0 unspecified atom stereocenters. The van der Waals surface area contributed by atoms with E-state index in [9.17, 15) is 4.79 Å². The minimum Gasteiger partial charge on any atom is -0.491 e. The van der Waals surface area contributed by atoms with Gasteiger partial charge in [0.05, 0.1) is 18.7 Å². The zero-order chi connectivity index (χ0) is 15.4. The van der Waals surface area contributed by atoms with Crippen LogP contribution in [0, 0.1) is 0 Å². The SMILES string of the molecule is O=C(OCc1ccccc1)N1CCOc2ccnc(Cl)c2C1. The van der Waals surface area contributed by atoms with Crippen molar-refractivity contribution in [1.82, 2.24) is 9.88 Å². The Morgan fingerprint density at radius 2 is 2.14 bits per heavy atom. The predicted octanol–water partition coefficient (Wildman–Crippen LogP) is 3.27. The maximum atomic E-state index is 12.2. The van der Waals surface area contributed by atoms with Gasteiger partial charge in [-0.15, -0.1) is 0 Å². The van der Waals surface area contributed by atoms with Crippen LogP contribution >= 0.6 is 11.6 Å². The van der Waals surface area contributed by atoms with E-state index in [1.54, 1.807) is 17.2 Å². The van der Waals surface area contributed by atoms with Crippen LogP contribution in [-0.2, 0) is 17.9 Å². The number of hydrogen-bond acceptors (Lipinski definition) is 4. The van der Waals surface area contributed by atoms with E-state index in [0.29, 0.717) is 36.2 Å². The Hall–Kier alpha value is -2.27. The second-order valence-electron chi connectivity index (χ2n) is 4.89. The van der Waals surface area contributed by atoms with Gasteiger partial charge in [-0.25, -0.2) is 9.78 Å². The normalized spacial score (nSPS) is 13.8. The summed E-state index contributed by atoms with van der Waals surface area (Å²) in [6.07, 6.45) is 1.20. The highest BCUT2D eigenvalue weighted by atomic mass is 35.5. The zero-order valence-electron chi connectivity index (χ0n) is 11.9. The molecule has 0 atom stereocenters. The highest BCUT2D eigenvalue weighted by Gasteiger charge is 2.23. The van der Waals surface area contributed by atoms with Crippen molar-refractivity contribution in [2.75, 3.05) is 13.2 Å². The van der Waals surface area contributed by atoms with E-state index in [-0.39, 0.29) is 12.7 Å². The fraction of sp³-hybridized carbons (Fsp3) is 0.250. The lowest BCUT2D eigenvalue weighted by atomic mass is 10.2. The van der Waals surface area contributed by atoms with Gasteiger partial charge in [-0.1, -0.05) is 41.9 Å². The lowest BCUT2D eigenvalue weighted by Crippen LogP contribution is -2.33. The summed E-state index contributed by atoms with van der Waals surface area (Å²) in [5.74, 6) is 0.665. The molecule has 3 rings (SSSR count). The first-order valence-corrected chi connectivity index (χ1v) is 7.33. The highest BCUT2D eigenvalue weighted by Crippen LogP contribution is 2.28. The number of halogens is 1. The number of pyridine rings is 1. The summed E-state index contributed by atoms with van der Waals surface area (Å²) in [5, 5.41) is 0.347. The van der Waals surface area contributed by atoms with E-state index in [2.05, 4.69) is 4.98 Å². The van der Waals surface area contributed by atoms with E-state index in [4.69, 9.17) is 21.1 Å². The summed E-state index contributed by atoms with van der Waals surface area (Å²) >= 11 is 6.09. The van der Waals surface area contributed by atoms with Crippen molar-refractivity contribution in [2.45, 2.75) is 13.2 Å². The van der Waals surface area contributed by atoms with Gasteiger partial charge in [-0.3, -0.25) is 0 Å². The Kier molecular flexibility index (Phi) is 4.44. The summed E-state index contributed by atoms with van der Waals surface area (Å²) in [7, 11) is 0. The van der Waals surface area contributed by atoms with Crippen LogP contribution in [0.5, 0.6) is 5.75 Å². The average molecular weight is 319 g/mol. The van der Waals surface area contributed by atoms with Gasteiger partial charge in [0.1, 0.15) is 24.1 Å². The zero-order valence-corrected chi connectivity index (χ0v) is 12.6. The third-order valence-corrected chi connectivity index (χ3v) is 3.72. The molecule has 1 aromatic carbocycles. The molecule has 22 heavy (non-hydrogen) atoms. The summed E-state index contributed by atoms with van der Waals surface area (Å²) in [5.41, 5.74) is 1.65. The van der Waals surface area contributed by atoms with E-state index >= 15 is 0 Å². The topological polar surface area (TPSA) is 51.7 Å². The molecule has 0 radical (unpaired) electrons. The van der Waals surface area contributed by atoms with Crippen LogP contribution in [0.2, 0.25) is 5.15 Å². The molecule has 0 N–H and O–H groups in total. The fourth-order valence-corrected chi connectivity index (χ4v) is 2.44. The number of carbonyl (C=O) groups excluding carboxylic acids is 1. The van der Waals surface area contributed by atoms with Crippen LogP contribution < -0.4 is 4.74 Å². The molecule has 0 saturated heterocycles. The number of rotatable bonds is 2. The molecule has 0 fully saturated rings. The van der Waals surface area contributed by atoms with Gasteiger partial charge in [-0.2, -0.15) is 0 Å². The van der Waals surface area contributed by atoms with Crippen LogP contribution in [-0.4, -0.2) is 29.1 Å². The van der Waals surface area contributed by atoms with Gasteiger partial charge in [0, 0.05) is 6.20 Å². The van der Waals surface area contributed by atoms with Crippen molar-refractivity contribution >= 4 is 17.7 Å². The molecule has 2 heterocycles. The van der Waals surface area contributed by atoms with Gasteiger partial charge in [-0.05, 0) is 11.6 Å². The first-order valence-electron chi connectivity index (χ1n) is 6.96. The quantitative estimate of drug-likeness (QED) is 0.797. The van der Waals surface area contributed by atoms with Gasteiger partial charge in [0.2, 0.25) is 0 Å². The molecule has 0 saturated carbocycles. The van der Waals surface area contributed by atoms with E-state index in [1.807, 2.05) is 30.3 Å². The summed E-state index contributed by atoms with van der Waals surface area (Å²) in [6, 6.07) is 11.3. The molecular weight excluding hydrogens is 304 g/mol. The molecule has 5 nitrogen and oxygen atoms in total. The minimum absolute atomic E-state index is 0.241. The van der Waals surface area contributed by atoms with E-state index < -0.39 is 0 Å². The van der Waals surface area contributed by atoms with Crippen molar-refractivity contribution < 1.29 is 14.3 Å². The molecule has 1 amide bonds. The lowest BCUT2D eigenvalue weighted by Gasteiger charge is -2.19. The Balaban J connectivity index is 1.67. The smallest absolute Gasteiger partial charge is 0.410 e. The molecule has 0 spiro atoms. The summed E-state index contributed by atoms with van der Waals surface area (Å²) in [6.45, 7) is 1.41. The Morgan fingerprint density at radius 3 is 2.95 bits per heavy atom. The monoisotopic (exact) mass is 318 g/mol. The first-order chi connectivity index (χ1) is 10.7. The lowest BCUT2D eigenvalue weighted by molar-refractivity contribution is 0.0913. The number of amides is 1.